The second-order valence-corrected chi connectivity index (χ2v) is 9.04. The van der Waals surface area contributed by atoms with Crippen molar-refractivity contribution in [3.63, 3.8) is 0 Å². The molecule has 0 aromatic carbocycles. The molecule has 0 unspecified atom stereocenters. The predicted molar refractivity (Wildman–Crippen MR) is 86.9 cm³/mol. The van der Waals surface area contributed by atoms with E-state index in [0.29, 0.717) is 22.8 Å². The fourth-order valence-corrected chi connectivity index (χ4v) is 5.11. The number of carbonyl (C=O) groups excluding carboxylic acids is 1. The molecular weight excluding hydrogens is 308 g/mol. The van der Waals surface area contributed by atoms with E-state index in [0.717, 1.165) is 30.4 Å². The molecule has 1 fully saturated rings. The van der Waals surface area contributed by atoms with Gasteiger partial charge in [0.25, 0.3) is 0 Å². The third-order valence-electron chi connectivity index (χ3n) is 4.08. The summed E-state index contributed by atoms with van der Waals surface area (Å²) in [6.07, 6.45) is 4.92. The maximum atomic E-state index is 12.0. The first kappa shape index (κ1) is 16.3. The fourth-order valence-electron chi connectivity index (χ4n) is 2.53. The molecule has 0 aliphatic heterocycles. The normalized spacial score (nSPS) is 17.3. The van der Waals surface area contributed by atoms with Gasteiger partial charge in [0, 0.05) is 19.2 Å². The summed E-state index contributed by atoms with van der Waals surface area (Å²) in [6, 6.07) is 0. The molecular formula is C14H22N2O3S2. The van der Waals surface area contributed by atoms with Crippen molar-refractivity contribution >= 4 is 37.6 Å². The standard InChI is InChI=1S/C14H22N2O3S2/c1-4-9(17)11-10(15)12(21(3,18)19)13(20-11)16-8-14(2)6-5-7-14/h16H,4-8,15H2,1-3H3. The zero-order valence-corrected chi connectivity index (χ0v) is 14.3. The molecule has 1 heterocycles. The molecule has 1 aromatic heterocycles. The maximum Gasteiger partial charge on any atom is 0.180 e. The van der Waals surface area contributed by atoms with Crippen molar-refractivity contribution in [2.24, 2.45) is 5.41 Å². The summed E-state index contributed by atoms with van der Waals surface area (Å²) in [5.41, 5.74) is 6.23. The number of Topliss-reactive ketones (excluding diaryl/α,β-unsaturated/α-hetero) is 1. The third kappa shape index (κ3) is 3.23. The van der Waals surface area contributed by atoms with E-state index < -0.39 is 9.84 Å². The smallest absolute Gasteiger partial charge is 0.180 e. The van der Waals surface area contributed by atoms with E-state index in [-0.39, 0.29) is 21.8 Å². The van der Waals surface area contributed by atoms with Crippen molar-refractivity contribution in [1.29, 1.82) is 0 Å². The van der Waals surface area contributed by atoms with E-state index in [1.807, 2.05) is 0 Å². The van der Waals surface area contributed by atoms with Crippen LogP contribution in [-0.2, 0) is 9.84 Å². The molecule has 3 N–H and O–H groups in total. The summed E-state index contributed by atoms with van der Waals surface area (Å²) in [4.78, 5) is 12.3. The van der Waals surface area contributed by atoms with Gasteiger partial charge in [-0.15, -0.1) is 11.3 Å². The van der Waals surface area contributed by atoms with E-state index in [9.17, 15) is 13.2 Å². The average Bonchev–Trinajstić information content (AvgIpc) is 2.70. The first-order valence-corrected chi connectivity index (χ1v) is 9.78. The van der Waals surface area contributed by atoms with Crippen LogP contribution < -0.4 is 11.1 Å². The van der Waals surface area contributed by atoms with Gasteiger partial charge in [0.2, 0.25) is 0 Å². The first-order chi connectivity index (χ1) is 9.68. The molecule has 2 rings (SSSR count). The molecule has 1 aliphatic carbocycles. The van der Waals surface area contributed by atoms with Crippen molar-refractivity contribution in [3.05, 3.63) is 4.88 Å². The van der Waals surface area contributed by atoms with E-state index in [1.54, 1.807) is 6.92 Å². The molecule has 7 heteroatoms. The number of ketones is 1. The van der Waals surface area contributed by atoms with Gasteiger partial charge in [0.15, 0.2) is 15.6 Å². The lowest BCUT2D eigenvalue weighted by molar-refractivity contribution is 0.0992. The summed E-state index contributed by atoms with van der Waals surface area (Å²) < 4.78 is 24.0. The third-order valence-corrected chi connectivity index (χ3v) is 6.58. The summed E-state index contributed by atoms with van der Waals surface area (Å²) in [7, 11) is -3.47. The summed E-state index contributed by atoms with van der Waals surface area (Å²) in [5.74, 6) is -0.120. The van der Waals surface area contributed by atoms with E-state index in [1.165, 1.54) is 6.42 Å². The first-order valence-electron chi connectivity index (χ1n) is 7.07. The molecule has 0 radical (unpaired) electrons. The number of nitrogens with one attached hydrogen (secondary N) is 1. The molecule has 0 bridgehead atoms. The number of nitrogen functional groups attached to an aromatic ring is 1. The fraction of sp³-hybridized carbons (Fsp3) is 0.643. The molecule has 21 heavy (non-hydrogen) atoms. The van der Waals surface area contributed by atoms with Crippen LogP contribution in [-0.4, -0.2) is 27.0 Å². The predicted octanol–water partition coefficient (Wildman–Crippen LogP) is 2.93. The summed E-state index contributed by atoms with van der Waals surface area (Å²) >= 11 is 1.16. The van der Waals surface area contributed by atoms with Crippen LogP contribution in [0.1, 0.15) is 49.2 Å². The number of hydrogen-bond donors (Lipinski definition) is 2. The van der Waals surface area contributed by atoms with Crippen LogP contribution in [0.25, 0.3) is 0 Å². The van der Waals surface area contributed by atoms with Gasteiger partial charge in [-0.3, -0.25) is 4.79 Å². The molecule has 5 nitrogen and oxygen atoms in total. The second-order valence-electron chi connectivity index (χ2n) is 6.07. The Balaban J connectivity index is 2.36. The molecule has 0 amide bonds. The zero-order valence-electron chi connectivity index (χ0n) is 12.7. The highest BCUT2D eigenvalue weighted by molar-refractivity contribution is 7.91. The minimum atomic E-state index is -3.47. The number of hydrogen-bond acceptors (Lipinski definition) is 6. The van der Waals surface area contributed by atoms with Crippen LogP contribution in [0.15, 0.2) is 4.90 Å². The quantitative estimate of drug-likeness (QED) is 0.783. The van der Waals surface area contributed by atoms with E-state index in [2.05, 4.69) is 12.2 Å². The van der Waals surface area contributed by atoms with Crippen LogP contribution >= 0.6 is 11.3 Å². The molecule has 0 atom stereocenters. The van der Waals surface area contributed by atoms with Gasteiger partial charge in [-0.1, -0.05) is 20.3 Å². The van der Waals surface area contributed by atoms with Crippen molar-refractivity contribution < 1.29 is 13.2 Å². The number of sulfone groups is 1. The monoisotopic (exact) mass is 330 g/mol. The lowest BCUT2D eigenvalue weighted by Crippen LogP contribution is -2.33. The van der Waals surface area contributed by atoms with Crippen LogP contribution in [0.5, 0.6) is 0 Å². The largest absolute Gasteiger partial charge is 0.396 e. The Kier molecular flexibility index (Phi) is 4.35. The van der Waals surface area contributed by atoms with Gasteiger partial charge in [-0.2, -0.15) is 0 Å². The Labute approximate surface area is 129 Å². The Morgan fingerprint density at radius 1 is 1.43 bits per heavy atom. The Bertz CT molecular complexity index is 658. The Morgan fingerprint density at radius 2 is 2.05 bits per heavy atom. The van der Waals surface area contributed by atoms with Gasteiger partial charge >= 0.3 is 0 Å². The zero-order chi connectivity index (χ0) is 15.8. The Hall–Kier alpha value is -1.08. The summed E-state index contributed by atoms with van der Waals surface area (Å²) in [5, 5.41) is 3.71. The number of rotatable bonds is 6. The molecule has 1 aromatic rings. The lowest BCUT2D eigenvalue weighted by Gasteiger charge is -2.38. The topological polar surface area (TPSA) is 89.3 Å². The molecule has 118 valence electrons. The van der Waals surface area contributed by atoms with Crippen LogP contribution in [0.2, 0.25) is 0 Å². The maximum absolute atomic E-state index is 12.0. The average molecular weight is 330 g/mol. The minimum absolute atomic E-state index is 0.0761. The number of anilines is 2. The van der Waals surface area contributed by atoms with Crippen LogP contribution in [0.4, 0.5) is 10.7 Å². The number of nitrogens with two attached hydrogens (primary N) is 1. The van der Waals surface area contributed by atoms with Gasteiger partial charge in [0.1, 0.15) is 9.90 Å². The highest BCUT2D eigenvalue weighted by Gasteiger charge is 2.33. The van der Waals surface area contributed by atoms with Gasteiger partial charge < -0.3 is 11.1 Å². The van der Waals surface area contributed by atoms with E-state index >= 15 is 0 Å². The van der Waals surface area contributed by atoms with E-state index in [4.69, 9.17) is 5.73 Å². The van der Waals surface area contributed by atoms with Gasteiger partial charge in [-0.05, 0) is 18.3 Å². The SMILES string of the molecule is CCC(=O)c1sc(NCC2(C)CCC2)c(S(C)(=O)=O)c1N. The summed E-state index contributed by atoms with van der Waals surface area (Å²) in [6.45, 7) is 4.62. The van der Waals surface area contributed by atoms with Crippen LogP contribution in [0.3, 0.4) is 0 Å². The number of carbonyl (C=O) groups is 1. The highest BCUT2D eigenvalue weighted by atomic mass is 32.2. The highest BCUT2D eigenvalue weighted by Crippen LogP contribution is 2.43. The van der Waals surface area contributed by atoms with Crippen molar-refractivity contribution in [2.75, 3.05) is 23.9 Å². The van der Waals surface area contributed by atoms with Crippen LogP contribution in [0, 0.1) is 5.41 Å². The lowest BCUT2D eigenvalue weighted by atomic mass is 9.70. The second kappa shape index (κ2) is 5.61. The molecule has 0 spiro atoms. The van der Waals surface area contributed by atoms with Crippen molar-refractivity contribution in [3.8, 4) is 0 Å². The molecule has 0 saturated heterocycles. The minimum Gasteiger partial charge on any atom is -0.396 e. The Morgan fingerprint density at radius 3 is 2.48 bits per heavy atom. The van der Waals surface area contributed by atoms with Gasteiger partial charge in [0.05, 0.1) is 10.6 Å². The molecule has 1 aliphatic rings. The van der Waals surface area contributed by atoms with Crippen molar-refractivity contribution in [2.45, 2.75) is 44.4 Å². The molecule has 1 saturated carbocycles. The van der Waals surface area contributed by atoms with Gasteiger partial charge in [-0.25, -0.2) is 8.42 Å². The number of thiophene rings is 1. The van der Waals surface area contributed by atoms with Crippen molar-refractivity contribution in [1.82, 2.24) is 0 Å².